The standard InChI is InChI=1S/C14H10BrN3O2/c1-9-6-11(15)2-4-13(9)17-14-5-3-12(18(19)20)7-10(14)8-16/h2-7,17H,1H3. The Morgan fingerprint density at radius 1 is 1.25 bits per heavy atom. The Balaban J connectivity index is 2.39. The van der Waals surface area contributed by atoms with Gasteiger partial charge in [-0.25, -0.2) is 0 Å². The number of rotatable bonds is 3. The van der Waals surface area contributed by atoms with Crippen LogP contribution in [0.4, 0.5) is 17.1 Å². The van der Waals surface area contributed by atoms with Crippen molar-refractivity contribution in [2.45, 2.75) is 6.92 Å². The van der Waals surface area contributed by atoms with Crippen molar-refractivity contribution in [3.8, 4) is 6.07 Å². The van der Waals surface area contributed by atoms with Crippen molar-refractivity contribution in [3.05, 3.63) is 62.1 Å². The van der Waals surface area contributed by atoms with Gasteiger partial charge in [-0.05, 0) is 36.8 Å². The molecule has 0 heterocycles. The van der Waals surface area contributed by atoms with Gasteiger partial charge in [0.05, 0.1) is 16.2 Å². The van der Waals surface area contributed by atoms with Crippen molar-refractivity contribution in [3.63, 3.8) is 0 Å². The van der Waals surface area contributed by atoms with Crippen molar-refractivity contribution in [2.75, 3.05) is 5.32 Å². The maximum atomic E-state index is 10.7. The molecule has 0 saturated heterocycles. The van der Waals surface area contributed by atoms with Crippen LogP contribution in [-0.4, -0.2) is 4.92 Å². The highest BCUT2D eigenvalue weighted by molar-refractivity contribution is 9.10. The molecule has 0 spiro atoms. The first kappa shape index (κ1) is 14.0. The van der Waals surface area contributed by atoms with Crippen LogP contribution in [0, 0.1) is 28.4 Å². The minimum atomic E-state index is -0.518. The van der Waals surface area contributed by atoms with E-state index in [2.05, 4.69) is 21.2 Å². The molecule has 1 N–H and O–H groups in total. The molecular formula is C14H10BrN3O2. The molecule has 0 aliphatic heterocycles. The Bertz CT molecular complexity index is 723. The smallest absolute Gasteiger partial charge is 0.270 e. The number of nitriles is 1. The maximum absolute atomic E-state index is 10.7. The molecule has 0 unspecified atom stereocenters. The molecule has 6 heteroatoms. The van der Waals surface area contributed by atoms with E-state index in [1.165, 1.54) is 18.2 Å². The maximum Gasteiger partial charge on any atom is 0.270 e. The summed E-state index contributed by atoms with van der Waals surface area (Å²) in [6, 6.07) is 11.8. The summed E-state index contributed by atoms with van der Waals surface area (Å²) in [4.78, 5) is 10.2. The Kier molecular flexibility index (Phi) is 4.01. The van der Waals surface area contributed by atoms with Gasteiger partial charge >= 0.3 is 0 Å². The first-order valence-corrected chi connectivity index (χ1v) is 6.52. The van der Waals surface area contributed by atoms with E-state index in [0.29, 0.717) is 5.69 Å². The van der Waals surface area contributed by atoms with Crippen LogP contribution in [0.5, 0.6) is 0 Å². The fraction of sp³-hybridized carbons (Fsp3) is 0.0714. The van der Waals surface area contributed by atoms with Gasteiger partial charge in [0.25, 0.3) is 5.69 Å². The van der Waals surface area contributed by atoms with Gasteiger partial charge in [-0.3, -0.25) is 10.1 Å². The second-order valence-corrected chi connectivity index (χ2v) is 5.10. The van der Waals surface area contributed by atoms with Gasteiger partial charge in [-0.1, -0.05) is 15.9 Å². The molecule has 0 aromatic heterocycles. The molecule has 20 heavy (non-hydrogen) atoms. The third-order valence-electron chi connectivity index (χ3n) is 2.79. The van der Waals surface area contributed by atoms with Crippen LogP contribution in [0.2, 0.25) is 0 Å². The van der Waals surface area contributed by atoms with Crippen molar-refractivity contribution in [2.24, 2.45) is 0 Å². The molecule has 0 aliphatic carbocycles. The normalized spacial score (nSPS) is 9.85. The summed E-state index contributed by atoms with van der Waals surface area (Å²) in [5, 5.41) is 22.9. The van der Waals surface area contributed by atoms with Crippen LogP contribution in [0.15, 0.2) is 40.9 Å². The number of hydrogen-bond acceptors (Lipinski definition) is 4. The average Bonchev–Trinajstić information content (AvgIpc) is 2.42. The van der Waals surface area contributed by atoms with Crippen LogP contribution >= 0.6 is 15.9 Å². The first-order chi connectivity index (χ1) is 9.51. The van der Waals surface area contributed by atoms with E-state index in [4.69, 9.17) is 5.26 Å². The summed E-state index contributed by atoms with van der Waals surface area (Å²) >= 11 is 3.38. The van der Waals surface area contributed by atoms with Gasteiger partial charge in [-0.15, -0.1) is 0 Å². The minimum absolute atomic E-state index is 0.0976. The lowest BCUT2D eigenvalue weighted by Crippen LogP contribution is -1.97. The molecule has 0 bridgehead atoms. The number of nitro groups is 1. The zero-order valence-electron chi connectivity index (χ0n) is 10.6. The summed E-state index contributed by atoms with van der Waals surface area (Å²) in [5.41, 5.74) is 2.53. The van der Waals surface area contributed by atoms with Crippen LogP contribution < -0.4 is 5.32 Å². The van der Waals surface area contributed by atoms with Gasteiger partial charge in [-0.2, -0.15) is 5.26 Å². The number of nitrogens with zero attached hydrogens (tertiary/aromatic N) is 2. The first-order valence-electron chi connectivity index (χ1n) is 5.73. The topological polar surface area (TPSA) is 79.0 Å². The van der Waals surface area contributed by atoms with E-state index >= 15 is 0 Å². The number of non-ortho nitro benzene ring substituents is 1. The predicted octanol–water partition coefficient (Wildman–Crippen LogP) is 4.28. The van der Waals surface area contributed by atoms with Gasteiger partial charge in [0, 0.05) is 22.3 Å². The predicted molar refractivity (Wildman–Crippen MR) is 80.0 cm³/mol. The largest absolute Gasteiger partial charge is 0.354 e. The fourth-order valence-corrected chi connectivity index (χ4v) is 2.24. The second kappa shape index (κ2) is 5.72. The summed E-state index contributed by atoms with van der Waals surface area (Å²) in [6.07, 6.45) is 0. The lowest BCUT2D eigenvalue weighted by atomic mass is 10.1. The molecule has 0 fully saturated rings. The Morgan fingerprint density at radius 2 is 1.95 bits per heavy atom. The quantitative estimate of drug-likeness (QED) is 0.672. The number of anilines is 2. The fourth-order valence-electron chi connectivity index (χ4n) is 1.76. The van der Waals surface area contributed by atoms with Crippen LogP contribution in [-0.2, 0) is 0 Å². The van der Waals surface area contributed by atoms with Gasteiger partial charge < -0.3 is 5.32 Å². The highest BCUT2D eigenvalue weighted by Crippen LogP contribution is 2.27. The van der Waals surface area contributed by atoms with E-state index in [-0.39, 0.29) is 11.3 Å². The van der Waals surface area contributed by atoms with Crippen LogP contribution in [0.25, 0.3) is 0 Å². The van der Waals surface area contributed by atoms with Gasteiger partial charge in [0.1, 0.15) is 6.07 Å². The minimum Gasteiger partial charge on any atom is -0.354 e. The molecular weight excluding hydrogens is 322 g/mol. The molecule has 0 radical (unpaired) electrons. The van der Waals surface area contributed by atoms with Crippen LogP contribution in [0.3, 0.4) is 0 Å². The van der Waals surface area contributed by atoms with Crippen LogP contribution in [0.1, 0.15) is 11.1 Å². The zero-order chi connectivity index (χ0) is 14.7. The van der Waals surface area contributed by atoms with E-state index < -0.39 is 4.92 Å². The number of nitrogens with one attached hydrogen (secondary N) is 1. The lowest BCUT2D eigenvalue weighted by Gasteiger charge is -2.11. The van der Waals surface area contributed by atoms with E-state index in [1.807, 2.05) is 31.2 Å². The van der Waals surface area contributed by atoms with Crippen molar-refractivity contribution in [1.82, 2.24) is 0 Å². The Morgan fingerprint density at radius 3 is 2.55 bits per heavy atom. The van der Waals surface area contributed by atoms with Gasteiger partial charge in [0.2, 0.25) is 0 Å². The number of halogens is 1. The van der Waals surface area contributed by atoms with Crippen molar-refractivity contribution < 1.29 is 4.92 Å². The Labute approximate surface area is 124 Å². The summed E-state index contributed by atoms with van der Waals surface area (Å²) in [5.74, 6) is 0. The van der Waals surface area contributed by atoms with E-state index in [1.54, 1.807) is 0 Å². The summed E-state index contributed by atoms with van der Waals surface area (Å²) < 4.78 is 0.963. The molecule has 2 rings (SSSR count). The number of aryl methyl sites for hydroxylation is 1. The molecule has 100 valence electrons. The third-order valence-corrected chi connectivity index (χ3v) is 3.29. The van der Waals surface area contributed by atoms with Gasteiger partial charge in [0.15, 0.2) is 0 Å². The zero-order valence-corrected chi connectivity index (χ0v) is 12.1. The molecule has 0 amide bonds. The summed E-state index contributed by atoms with van der Waals surface area (Å²) in [6.45, 7) is 1.94. The van der Waals surface area contributed by atoms with E-state index in [9.17, 15) is 10.1 Å². The molecule has 5 nitrogen and oxygen atoms in total. The van der Waals surface area contributed by atoms with E-state index in [0.717, 1.165) is 15.7 Å². The average molecular weight is 332 g/mol. The second-order valence-electron chi connectivity index (χ2n) is 4.18. The SMILES string of the molecule is Cc1cc(Br)ccc1Nc1ccc([N+](=O)[O-])cc1C#N. The number of benzene rings is 2. The number of nitro benzene ring substituents is 1. The molecule has 2 aromatic carbocycles. The highest BCUT2D eigenvalue weighted by atomic mass is 79.9. The Hall–Kier alpha value is -2.39. The number of hydrogen-bond donors (Lipinski definition) is 1. The molecule has 0 aliphatic rings. The third kappa shape index (κ3) is 2.95. The highest BCUT2D eigenvalue weighted by Gasteiger charge is 2.11. The molecule has 0 atom stereocenters. The monoisotopic (exact) mass is 331 g/mol. The molecule has 2 aromatic rings. The lowest BCUT2D eigenvalue weighted by molar-refractivity contribution is -0.384. The van der Waals surface area contributed by atoms with Crippen molar-refractivity contribution in [1.29, 1.82) is 5.26 Å². The molecule has 0 saturated carbocycles. The summed E-state index contributed by atoms with van der Waals surface area (Å²) in [7, 11) is 0. The van der Waals surface area contributed by atoms with Crippen molar-refractivity contribution >= 4 is 33.0 Å².